The lowest BCUT2D eigenvalue weighted by molar-refractivity contribution is -0.390. The van der Waals surface area contributed by atoms with E-state index in [9.17, 15) is 30.0 Å². The number of rotatable bonds is 13. The number of Topliss-reactive ketones (excluding diaryl/α,β-unsaturated/α-hetero) is 1. The van der Waals surface area contributed by atoms with Crippen molar-refractivity contribution in [2.75, 3.05) is 13.7 Å². The molecule has 14 nitrogen and oxygen atoms in total. The van der Waals surface area contributed by atoms with Crippen LogP contribution in [0.2, 0.25) is 0 Å². The molecule has 6 rings (SSSR count). The van der Waals surface area contributed by atoms with Gasteiger partial charge in [0.1, 0.15) is 0 Å². The highest BCUT2D eigenvalue weighted by atomic mass is 16.8. The first-order valence-corrected chi connectivity index (χ1v) is 23.2. The number of hydrogen-bond donors (Lipinski definition) is 4. The van der Waals surface area contributed by atoms with Crippen molar-refractivity contribution in [2.45, 2.75) is 212 Å². The second kappa shape index (κ2) is 18.7. The van der Waals surface area contributed by atoms with E-state index in [1.54, 1.807) is 27.9 Å². The quantitative estimate of drug-likeness (QED) is 0.154. The summed E-state index contributed by atoms with van der Waals surface area (Å²) in [6.45, 7) is 20.9. The van der Waals surface area contributed by atoms with Crippen molar-refractivity contribution in [1.82, 2.24) is 0 Å². The number of hydrogen-bond acceptors (Lipinski definition) is 13. The van der Waals surface area contributed by atoms with Gasteiger partial charge in [-0.1, -0.05) is 61.5 Å². The Morgan fingerprint density at radius 3 is 2.25 bits per heavy atom. The molecule has 6 aliphatic heterocycles. The Balaban J connectivity index is 1.24. The highest BCUT2D eigenvalue weighted by molar-refractivity contribution is 5.96. The average Bonchev–Trinajstić information content (AvgIpc) is 3.71. The number of allylic oxidation sites excluding steroid dienone is 1. The van der Waals surface area contributed by atoms with E-state index in [4.69, 9.17) is 37.9 Å². The van der Waals surface area contributed by atoms with Gasteiger partial charge < -0.3 is 58.3 Å². The van der Waals surface area contributed by atoms with E-state index in [-0.39, 0.29) is 72.4 Å². The Hall–Kier alpha value is -1.56. The molecule has 0 unspecified atom stereocenters. The predicted octanol–water partition coefficient (Wildman–Crippen LogP) is 6.15. The van der Waals surface area contributed by atoms with Crippen LogP contribution in [0.1, 0.15) is 134 Å². The Labute approximate surface area is 363 Å². The maximum Gasteiger partial charge on any atom is 0.306 e. The van der Waals surface area contributed by atoms with Gasteiger partial charge in [0.25, 0.3) is 0 Å². The number of aliphatic hydroxyl groups excluding tert-OH is 2. The summed E-state index contributed by atoms with van der Waals surface area (Å²) in [4.78, 5) is 24.8. The van der Waals surface area contributed by atoms with Crippen LogP contribution in [-0.2, 0) is 47.5 Å². The third-order valence-corrected chi connectivity index (χ3v) is 15.9. The first-order valence-electron chi connectivity index (χ1n) is 23.2. The van der Waals surface area contributed by atoms with Crippen molar-refractivity contribution in [2.24, 2.45) is 47.3 Å². The maximum atomic E-state index is 13.4. The van der Waals surface area contributed by atoms with E-state index in [1.807, 2.05) is 33.8 Å². The molecule has 0 aromatic carbocycles. The number of carbonyl (C=O) groups excluding carboxylic acids is 1. The topological polar surface area (TPSA) is 189 Å². The molecule has 6 saturated heterocycles. The molecule has 0 amide bonds. The van der Waals surface area contributed by atoms with E-state index < -0.39 is 84.2 Å². The lowest BCUT2D eigenvalue weighted by Gasteiger charge is -2.54. The summed E-state index contributed by atoms with van der Waals surface area (Å²) in [5.41, 5.74) is -0.326. The van der Waals surface area contributed by atoms with Gasteiger partial charge in [0, 0.05) is 68.3 Å². The minimum Gasteiger partial charge on any atom is -0.481 e. The number of carbonyl (C=O) groups is 2. The molecule has 2 spiro atoms. The Kier molecular flexibility index (Phi) is 15.0. The van der Waals surface area contributed by atoms with Gasteiger partial charge in [-0.05, 0) is 64.4 Å². The average molecular weight is 867 g/mol. The highest BCUT2D eigenvalue weighted by Crippen LogP contribution is 2.56. The van der Waals surface area contributed by atoms with Gasteiger partial charge in [0.15, 0.2) is 29.4 Å². The summed E-state index contributed by atoms with van der Waals surface area (Å²) in [6.07, 6.45) is 3.25. The van der Waals surface area contributed by atoms with Crippen LogP contribution in [0.4, 0.5) is 0 Å². The number of aliphatic hydroxyl groups is 3. The molecule has 6 heterocycles. The standard InChI is InChI=1S/C47H78O14/c1-24(40(50)25(2)18-28(5)43(51)52)17-26(3)41-31(8)34(49)22-45(59-41)16-15-44(11,61-45)38-21-36(56-39-14-13-35(54-12)33(10)55-39)32(9)47(58-38)30(7)20-37(57-47)42-27(4)19-29(6)46(53,23-48)60-42/h17,25-39,41-42,48-49,53H,13-16,18-23H2,1-12H3,(H,51,52)/b24-17-/t25-,26-,27+,28+,29-,30+,31+,32-,33-,34+,35-,36-,37+,38-,39+,41+,42-,44+,45-,46-,47+/m1/s1. The van der Waals surface area contributed by atoms with Crippen molar-refractivity contribution < 1.29 is 67.9 Å². The molecule has 61 heavy (non-hydrogen) atoms. The smallest absolute Gasteiger partial charge is 0.306 e. The summed E-state index contributed by atoms with van der Waals surface area (Å²) < 4.78 is 53.9. The number of carboxylic acid groups (broad SMARTS) is 1. The second-order valence-electron chi connectivity index (χ2n) is 20.6. The zero-order valence-corrected chi connectivity index (χ0v) is 38.8. The Morgan fingerprint density at radius 2 is 1.61 bits per heavy atom. The van der Waals surface area contributed by atoms with Crippen LogP contribution in [-0.4, -0.2) is 124 Å². The lowest BCUT2D eigenvalue weighted by Crippen LogP contribution is -2.63. The normalized spacial score (nSPS) is 48.6. The summed E-state index contributed by atoms with van der Waals surface area (Å²) in [6, 6.07) is 0. The predicted molar refractivity (Wildman–Crippen MR) is 224 cm³/mol. The van der Waals surface area contributed by atoms with Gasteiger partial charge in [0.2, 0.25) is 0 Å². The third-order valence-electron chi connectivity index (χ3n) is 15.9. The largest absolute Gasteiger partial charge is 0.481 e. The molecular weight excluding hydrogens is 789 g/mol. The van der Waals surface area contributed by atoms with Gasteiger partial charge in [-0.15, -0.1) is 0 Å². The van der Waals surface area contributed by atoms with Gasteiger partial charge in [-0.3, -0.25) is 9.59 Å². The van der Waals surface area contributed by atoms with Crippen LogP contribution in [0.25, 0.3) is 0 Å². The number of ether oxygens (including phenoxy) is 8. The van der Waals surface area contributed by atoms with E-state index >= 15 is 0 Å². The van der Waals surface area contributed by atoms with Gasteiger partial charge in [-0.2, -0.15) is 0 Å². The number of methoxy groups -OCH3 is 1. The van der Waals surface area contributed by atoms with Gasteiger partial charge >= 0.3 is 5.97 Å². The fraction of sp³-hybridized carbons (Fsp3) is 0.915. The van der Waals surface area contributed by atoms with Crippen LogP contribution in [0, 0.1) is 47.3 Å². The monoisotopic (exact) mass is 867 g/mol. The summed E-state index contributed by atoms with van der Waals surface area (Å²) in [5.74, 6) is -7.01. The highest BCUT2D eigenvalue weighted by Gasteiger charge is 2.65. The molecule has 350 valence electrons. The molecule has 0 radical (unpaired) electrons. The summed E-state index contributed by atoms with van der Waals surface area (Å²) in [7, 11) is 1.70. The van der Waals surface area contributed by atoms with Crippen LogP contribution < -0.4 is 0 Å². The fourth-order valence-electron chi connectivity index (χ4n) is 11.8. The van der Waals surface area contributed by atoms with Crippen molar-refractivity contribution >= 4 is 11.8 Å². The number of aliphatic carboxylic acids is 1. The number of carboxylic acids is 1. The lowest BCUT2D eigenvalue weighted by atomic mass is 9.76. The van der Waals surface area contributed by atoms with Crippen LogP contribution >= 0.6 is 0 Å². The number of ketones is 1. The summed E-state index contributed by atoms with van der Waals surface area (Å²) >= 11 is 0. The molecule has 6 aliphatic rings. The zero-order valence-electron chi connectivity index (χ0n) is 38.8. The van der Waals surface area contributed by atoms with Crippen LogP contribution in [0.3, 0.4) is 0 Å². The first kappa shape index (κ1) is 48.9. The van der Waals surface area contributed by atoms with Gasteiger partial charge in [0.05, 0.1) is 67.0 Å². The molecule has 0 aromatic heterocycles. The van der Waals surface area contributed by atoms with Crippen molar-refractivity contribution in [1.29, 1.82) is 0 Å². The summed E-state index contributed by atoms with van der Waals surface area (Å²) in [5, 5.41) is 42.5. The third kappa shape index (κ3) is 9.71. The first-order chi connectivity index (χ1) is 28.5. The zero-order chi connectivity index (χ0) is 45.0. The van der Waals surface area contributed by atoms with E-state index in [2.05, 4.69) is 27.7 Å². The van der Waals surface area contributed by atoms with E-state index in [0.717, 1.165) is 6.42 Å². The van der Waals surface area contributed by atoms with Crippen LogP contribution in [0.15, 0.2) is 11.6 Å². The van der Waals surface area contributed by atoms with Gasteiger partial charge in [-0.25, -0.2) is 0 Å². The molecule has 6 fully saturated rings. The molecule has 0 aliphatic carbocycles. The van der Waals surface area contributed by atoms with Crippen molar-refractivity contribution in [3.05, 3.63) is 11.6 Å². The Morgan fingerprint density at radius 1 is 0.902 bits per heavy atom. The fourth-order valence-corrected chi connectivity index (χ4v) is 11.8. The van der Waals surface area contributed by atoms with E-state index in [1.165, 1.54) is 0 Å². The molecule has 0 saturated carbocycles. The maximum absolute atomic E-state index is 13.4. The van der Waals surface area contributed by atoms with E-state index in [0.29, 0.717) is 44.1 Å². The molecule has 4 N–H and O–H groups in total. The van der Waals surface area contributed by atoms with Crippen molar-refractivity contribution in [3.63, 3.8) is 0 Å². The van der Waals surface area contributed by atoms with Crippen molar-refractivity contribution in [3.8, 4) is 0 Å². The molecule has 0 aromatic rings. The SMILES string of the molecule is CO[C@@H]1CC[C@H](O[C@@H]2C[C@H]([C@]3(C)CC[C@]4(C[C@H](O)[C@H](C)[C@H]([C@H](C)/C=C(/C)C(=O)[C@H](C)C[C@H](C)C(=O)O)O4)O3)O[C@]3(O[C@H]([C@@H]4O[C@](O)(CO)[C@H](C)C[C@@H]4C)C[C@@H]3C)[C@@H]2C)O[C@@H]1C. The Bertz CT molecular complexity index is 1570. The molecule has 0 bridgehead atoms. The second-order valence-corrected chi connectivity index (χ2v) is 20.6. The molecular formula is C47H78O14. The minimum absolute atomic E-state index is 0.0130. The molecule has 21 atom stereocenters. The molecule has 14 heteroatoms. The minimum atomic E-state index is -1.66. The van der Waals surface area contributed by atoms with Crippen LogP contribution in [0.5, 0.6) is 0 Å².